The summed E-state index contributed by atoms with van der Waals surface area (Å²) in [6.45, 7) is 1.65. The van der Waals surface area contributed by atoms with Gasteiger partial charge in [-0.05, 0) is 17.7 Å². The van der Waals surface area contributed by atoms with Crippen LogP contribution in [0.1, 0.15) is 11.5 Å². The van der Waals surface area contributed by atoms with Crippen LogP contribution in [0.25, 0.3) is 0 Å². The van der Waals surface area contributed by atoms with Gasteiger partial charge >= 0.3 is 6.01 Å². The summed E-state index contributed by atoms with van der Waals surface area (Å²) in [6.07, 6.45) is 0.215. The molecular formula is C11H12N4O2. The van der Waals surface area contributed by atoms with Crippen molar-refractivity contribution in [2.75, 3.05) is 11.1 Å². The van der Waals surface area contributed by atoms with E-state index in [1.807, 2.05) is 6.07 Å². The summed E-state index contributed by atoms with van der Waals surface area (Å²) in [5.41, 5.74) is 7.08. The Hall–Kier alpha value is -2.37. The Bertz CT molecular complexity index is 536. The summed E-state index contributed by atoms with van der Waals surface area (Å²) in [6, 6.07) is 7.25. The van der Waals surface area contributed by atoms with Gasteiger partial charge in [0.15, 0.2) is 0 Å². The summed E-state index contributed by atoms with van der Waals surface area (Å²) in [5, 5.41) is 9.79. The van der Waals surface area contributed by atoms with Crippen LogP contribution >= 0.6 is 0 Å². The van der Waals surface area contributed by atoms with Gasteiger partial charge in [0.2, 0.25) is 11.8 Å². The third-order valence-electron chi connectivity index (χ3n) is 2.09. The number of benzene rings is 1. The molecule has 0 saturated heterocycles. The Morgan fingerprint density at radius 2 is 2.29 bits per heavy atom. The van der Waals surface area contributed by atoms with Crippen LogP contribution in [-0.4, -0.2) is 16.1 Å². The molecule has 0 unspecified atom stereocenters. The lowest BCUT2D eigenvalue weighted by Gasteiger charge is -2.01. The van der Waals surface area contributed by atoms with Gasteiger partial charge in [0, 0.05) is 12.6 Å². The number of carbonyl (C=O) groups is 1. The van der Waals surface area contributed by atoms with Crippen LogP contribution in [0.5, 0.6) is 0 Å². The lowest BCUT2D eigenvalue weighted by Crippen LogP contribution is -2.14. The molecule has 17 heavy (non-hydrogen) atoms. The average molecular weight is 232 g/mol. The van der Waals surface area contributed by atoms with Crippen LogP contribution < -0.4 is 11.1 Å². The maximum absolute atomic E-state index is 11.6. The molecule has 0 spiro atoms. The van der Waals surface area contributed by atoms with E-state index < -0.39 is 0 Å². The predicted molar refractivity (Wildman–Crippen MR) is 62.2 cm³/mol. The van der Waals surface area contributed by atoms with Gasteiger partial charge < -0.3 is 10.2 Å². The second-order valence-electron chi connectivity index (χ2n) is 3.60. The van der Waals surface area contributed by atoms with E-state index in [2.05, 4.69) is 15.5 Å². The number of hydrogen-bond donors (Lipinski definition) is 2. The Labute approximate surface area is 97.8 Å². The number of nitrogen functional groups attached to an aromatic ring is 1. The van der Waals surface area contributed by atoms with Crippen molar-refractivity contribution in [3.05, 3.63) is 35.7 Å². The molecule has 0 atom stereocenters. The molecule has 88 valence electrons. The van der Waals surface area contributed by atoms with E-state index in [9.17, 15) is 4.79 Å². The second kappa shape index (κ2) is 4.65. The smallest absolute Gasteiger partial charge is 0.322 e. The van der Waals surface area contributed by atoms with Gasteiger partial charge in [0.25, 0.3) is 0 Å². The molecule has 1 aromatic carbocycles. The van der Waals surface area contributed by atoms with E-state index in [-0.39, 0.29) is 18.3 Å². The van der Waals surface area contributed by atoms with Crippen LogP contribution in [0, 0.1) is 6.92 Å². The number of nitrogens with zero attached hydrogens (tertiary/aromatic N) is 2. The molecule has 1 aromatic heterocycles. The SMILES string of the molecule is Cc1nnc(NC(=O)Cc2cccc(N)c2)o1. The zero-order valence-electron chi connectivity index (χ0n) is 9.30. The molecule has 6 heteroatoms. The molecule has 0 aliphatic carbocycles. The van der Waals surface area contributed by atoms with Gasteiger partial charge in [0.05, 0.1) is 6.42 Å². The highest BCUT2D eigenvalue weighted by Crippen LogP contribution is 2.09. The molecule has 2 aromatic rings. The molecule has 0 aliphatic rings. The maximum atomic E-state index is 11.6. The minimum absolute atomic E-state index is 0.108. The van der Waals surface area contributed by atoms with Crippen molar-refractivity contribution in [2.24, 2.45) is 0 Å². The maximum Gasteiger partial charge on any atom is 0.322 e. The summed E-state index contributed by atoms with van der Waals surface area (Å²) < 4.78 is 5.04. The lowest BCUT2D eigenvalue weighted by molar-refractivity contribution is -0.115. The number of rotatable bonds is 3. The van der Waals surface area contributed by atoms with Crippen LogP contribution in [0.4, 0.5) is 11.7 Å². The van der Waals surface area contributed by atoms with Gasteiger partial charge in [-0.15, -0.1) is 5.10 Å². The first-order valence-corrected chi connectivity index (χ1v) is 5.08. The fraction of sp³-hybridized carbons (Fsp3) is 0.182. The fourth-order valence-corrected chi connectivity index (χ4v) is 1.40. The topological polar surface area (TPSA) is 94.0 Å². The van der Waals surface area contributed by atoms with Crippen LogP contribution in [-0.2, 0) is 11.2 Å². The number of aryl methyl sites for hydroxylation is 1. The van der Waals surface area contributed by atoms with Gasteiger partial charge in [-0.25, -0.2) is 0 Å². The lowest BCUT2D eigenvalue weighted by atomic mass is 10.1. The van der Waals surface area contributed by atoms with Crippen molar-refractivity contribution >= 4 is 17.6 Å². The van der Waals surface area contributed by atoms with E-state index >= 15 is 0 Å². The van der Waals surface area contributed by atoms with E-state index in [1.54, 1.807) is 25.1 Å². The van der Waals surface area contributed by atoms with Crippen molar-refractivity contribution in [3.8, 4) is 0 Å². The summed E-state index contributed by atoms with van der Waals surface area (Å²) in [5.74, 6) is 0.184. The Kier molecular flexibility index (Phi) is 3.04. The summed E-state index contributed by atoms with van der Waals surface area (Å²) in [7, 11) is 0. The Balaban J connectivity index is 1.98. The highest BCUT2D eigenvalue weighted by molar-refractivity contribution is 5.90. The van der Waals surface area contributed by atoms with E-state index in [0.717, 1.165) is 5.56 Å². The molecule has 1 amide bonds. The molecule has 0 fully saturated rings. The zero-order chi connectivity index (χ0) is 12.3. The quantitative estimate of drug-likeness (QED) is 0.774. The number of nitrogens with two attached hydrogens (primary N) is 1. The van der Waals surface area contributed by atoms with Crippen molar-refractivity contribution in [1.29, 1.82) is 0 Å². The Morgan fingerprint density at radius 1 is 1.47 bits per heavy atom. The third-order valence-corrected chi connectivity index (χ3v) is 2.09. The highest BCUT2D eigenvalue weighted by atomic mass is 16.4. The van der Waals surface area contributed by atoms with Gasteiger partial charge in [-0.1, -0.05) is 17.2 Å². The van der Waals surface area contributed by atoms with Crippen molar-refractivity contribution in [1.82, 2.24) is 10.2 Å². The van der Waals surface area contributed by atoms with E-state index in [0.29, 0.717) is 11.6 Å². The van der Waals surface area contributed by atoms with Gasteiger partial charge in [0.1, 0.15) is 0 Å². The number of carbonyl (C=O) groups excluding carboxylic acids is 1. The van der Waals surface area contributed by atoms with Crippen LogP contribution in [0.15, 0.2) is 28.7 Å². The standard InChI is InChI=1S/C11H12N4O2/c1-7-14-15-11(17-7)13-10(16)6-8-3-2-4-9(12)5-8/h2-5H,6,12H2,1H3,(H,13,15,16). The van der Waals surface area contributed by atoms with Crippen LogP contribution in [0.3, 0.4) is 0 Å². The molecule has 3 N–H and O–H groups in total. The number of anilines is 2. The molecule has 1 heterocycles. The Morgan fingerprint density at radius 3 is 2.94 bits per heavy atom. The van der Waals surface area contributed by atoms with Gasteiger partial charge in [-0.3, -0.25) is 10.1 Å². The number of amides is 1. The fourth-order valence-electron chi connectivity index (χ4n) is 1.40. The minimum Gasteiger partial charge on any atom is -0.408 e. The average Bonchev–Trinajstić information content (AvgIpc) is 2.63. The van der Waals surface area contributed by atoms with E-state index in [4.69, 9.17) is 10.2 Å². The first kappa shape index (κ1) is 11.1. The normalized spacial score (nSPS) is 10.2. The van der Waals surface area contributed by atoms with E-state index in [1.165, 1.54) is 0 Å². The minimum atomic E-state index is -0.223. The predicted octanol–water partition coefficient (Wildman–Crippen LogP) is 1.14. The second-order valence-corrected chi connectivity index (χ2v) is 3.60. The number of nitrogens with one attached hydrogen (secondary N) is 1. The molecular weight excluding hydrogens is 220 g/mol. The molecule has 2 rings (SSSR count). The molecule has 0 radical (unpaired) electrons. The number of hydrogen-bond acceptors (Lipinski definition) is 5. The summed E-state index contributed by atoms with van der Waals surface area (Å²) >= 11 is 0. The summed E-state index contributed by atoms with van der Waals surface area (Å²) in [4.78, 5) is 11.6. The third kappa shape index (κ3) is 3.04. The van der Waals surface area contributed by atoms with Crippen molar-refractivity contribution in [3.63, 3.8) is 0 Å². The monoisotopic (exact) mass is 232 g/mol. The first-order valence-electron chi connectivity index (χ1n) is 5.08. The largest absolute Gasteiger partial charge is 0.408 e. The molecule has 0 aliphatic heterocycles. The van der Waals surface area contributed by atoms with Crippen molar-refractivity contribution < 1.29 is 9.21 Å². The zero-order valence-corrected chi connectivity index (χ0v) is 9.30. The number of aromatic nitrogens is 2. The molecule has 0 saturated carbocycles. The van der Waals surface area contributed by atoms with Crippen molar-refractivity contribution in [2.45, 2.75) is 13.3 Å². The molecule has 0 bridgehead atoms. The first-order chi connectivity index (χ1) is 8.13. The van der Waals surface area contributed by atoms with Gasteiger partial charge in [-0.2, -0.15) is 0 Å². The molecule has 6 nitrogen and oxygen atoms in total. The highest BCUT2D eigenvalue weighted by Gasteiger charge is 2.08. The van der Waals surface area contributed by atoms with Crippen LogP contribution in [0.2, 0.25) is 0 Å².